The number of nitrogens with one attached hydrogen (secondary N) is 1. The number of hydrogen-bond acceptors (Lipinski definition) is 2. The number of pyridine rings is 1. The van der Waals surface area contributed by atoms with Gasteiger partial charge in [0.2, 0.25) is 0 Å². The van der Waals surface area contributed by atoms with E-state index in [-0.39, 0.29) is 0 Å². The van der Waals surface area contributed by atoms with Crippen LogP contribution in [-0.2, 0) is 6.54 Å². The predicted molar refractivity (Wildman–Crippen MR) is 72.9 cm³/mol. The van der Waals surface area contributed by atoms with Crippen molar-refractivity contribution in [2.45, 2.75) is 39.2 Å². The van der Waals surface area contributed by atoms with E-state index in [0.29, 0.717) is 0 Å². The first-order chi connectivity index (χ1) is 7.83. The molecule has 0 aromatic carbocycles. The molecule has 2 nitrogen and oxygen atoms in total. The summed E-state index contributed by atoms with van der Waals surface area (Å²) in [6.45, 7) is 4.02. The summed E-state index contributed by atoms with van der Waals surface area (Å²) in [5.74, 6) is 0. The van der Waals surface area contributed by atoms with Gasteiger partial charge >= 0.3 is 0 Å². The Bertz CT molecular complexity index is 289. The zero-order chi connectivity index (χ0) is 11.6. The topological polar surface area (TPSA) is 24.9 Å². The van der Waals surface area contributed by atoms with Crippen LogP contribution in [0.3, 0.4) is 0 Å². The minimum Gasteiger partial charge on any atom is -0.311 e. The van der Waals surface area contributed by atoms with E-state index in [0.717, 1.165) is 29.8 Å². The summed E-state index contributed by atoms with van der Waals surface area (Å²) in [4.78, 5) is 4.45. The Kier molecular flexibility index (Phi) is 7.43. The van der Waals surface area contributed by atoms with Gasteiger partial charge in [-0.3, -0.25) is 4.98 Å². The van der Waals surface area contributed by atoms with E-state index in [1.54, 1.807) is 0 Å². The minimum atomic E-state index is 0.889. The maximum Gasteiger partial charge on any atom is 0.0544 e. The van der Waals surface area contributed by atoms with Crippen LogP contribution in [-0.4, -0.2) is 16.9 Å². The molecule has 0 aliphatic carbocycles. The minimum absolute atomic E-state index is 0.889. The number of alkyl halides is 1. The van der Waals surface area contributed by atoms with Crippen LogP contribution in [0.1, 0.15) is 37.1 Å². The van der Waals surface area contributed by atoms with E-state index in [9.17, 15) is 0 Å². The molecule has 0 amide bonds. The Balaban J connectivity index is 2.03. The van der Waals surface area contributed by atoms with E-state index in [4.69, 9.17) is 0 Å². The number of unbranched alkanes of at least 4 members (excludes halogenated alkanes) is 3. The van der Waals surface area contributed by atoms with Gasteiger partial charge in [0.1, 0.15) is 0 Å². The van der Waals surface area contributed by atoms with Crippen LogP contribution in [0.4, 0.5) is 0 Å². The number of rotatable bonds is 8. The molecule has 0 saturated heterocycles. The molecule has 1 heterocycles. The third kappa shape index (κ3) is 6.23. The molecule has 1 aromatic rings. The van der Waals surface area contributed by atoms with Crippen LogP contribution in [0.5, 0.6) is 0 Å². The first-order valence-corrected chi connectivity index (χ1v) is 7.14. The lowest BCUT2D eigenvalue weighted by molar-refractivity contribution is 0.595. The number of halogens is 1. The smallest absolute Gasteiger partial charge is 0.0544 e. The summed E-state index contributed by atoms with van der Waals surface area (Å²) in [5.41, 5.74) is 2.23. The quantitative estimate of drug-likeness (QED) is 0.584. The van der Waals surface area contributed by atoms with Crippen molar-refractivity contribution in [3.63, 3.8) is 0 Å². The van der Waals surface area contributed by atoms with Crippen LogP contribution in [0.25, 0.3) is 0 Å². The average Bonchev–Trinajstić information content (AvgIpc) is 2.28. The van der Waals surface area contributed by atoms with Gasteiger partial charge in [-0.1, -0.05) is 34.8 Å². The lowest BCUT2D eigenvalue weighted by Crippen LogP contribution is -2.15. The first-order valence-electron chi connectivity index (χ1n) is 6.02. The highest BCUT2D eigenvalue weighted by atomic mass is 79.9. The van der Waals surface area contributed by atoms with Crippen LogP contribution >= 0.6 is 15.9 Å². The van der Waals surface area contributed by atoms with Crippen molar-refractivity contribution in [2.24, 2.45) is 0 Å². The normalized spacial score (nSPS) is 10.6. The molecule has 0 unspecified atom stereocenters. The van der Waals surface area contributed by atoms with Gasteiger partial charge in [0.25, 0.3) is 0 Å². The van der Waals surface area contributed by atoms with Crippen LogP contribution < -0.4 is 5.32 Å². The van der Waals surface area contributed by atoms with E-state index in [1.807, 2.05) is 13.0 Å². The zero-order valence-corrected chi connectivity index (χ0v) is 11.6. The summed E-state index contributed by atoms with van der Waals surface area (Å²) in [6.07, 6.45) is 5.20. The molecular weight excluding hydrogens is 264 g/mol. The van der Waals surface area contributed by atoms with Gasteiger partial charge in [0.15, 0.2) is 0 Å². The maximum atomic E-state index is 4.45. The molecule has 1 rings (SSSR count). The highest BCUT2D eigenvalue weighted by Crippen LogP contribution is 2.01. The van der Waals surface area contributed by atoms with E-state index in [2.05, 4.69) is 38.4 Å². The summed E-state index contributed by atoms with van der Waals surface area (Å²) >= 11 is 3.45. The second-order valence-corrected chi connectivity index (χ2v) is 4.84. The lowest BCUT2D eigenvalue weighted by atomic mass is 10.2. The van der Waals surface area contributed by atoms with Crippen molar-refractivity contribution in [1.82, 2.24) is 10.3 Å². The molecule has 0 aliphatic rings. The Morgan fingerprint density at radius 3 is 2.75 bits per heavy atom. The van der Waals surface area contributed by atoms with E-state index >= 15 is 0 Å². The fourth-order valence-electron chi connectivity index (χ4n) is 1.61. The molecule has 0 bridgehead atoms. The van der Waals surface area contributed by atoms with Gasteiger partial charge in [-0.05, 0) is 38.4 Å². The van der Waals surface area contributed by atoms with E-state index in [1.165, 1.54) is 25.7 Å². The molecule has 1 aromatic heterocycles. The molecule has 0 aliphatic heterocycles. The molecule has 16 heavy (non-hydrogen) atoms. The molecule has 0 atom stereocenters. The van der Waals surface area contributed by atoms with Crippen molar-refractivity contribution in [3.8, 4) is 0 Å². The van der Waals surface area contributed by atoms with Crippen molar-refractivity contribution in [2.75, 3.05) is 11.9 Å². The maximum absolute atomic E-state index is 4.45. The number of aromatic nitrogens is 1. The molecule has 0 fully saturated rings. The molecule has 3 heteroatoms. The fourth-order valence-corrected chi connectivity index (χ4v) is 2.01. The molecule has 1 N–H and O–H groups in total. The van der Waals surface area contributed by atoms with Crippen LogP contribution in [0.15, 0.2) is 18.2 Å². The van der Waals surface area contributed by atoms with E-state index < -0.39 is 0 Å². The monoisotopic (exact) mass is 284 g/mol. The Morgan fingerprint density at radius 1 is 1.19 bits per heavy atom. The van der Waals surface area contributed by atoms with Gasteiger partial charge in [-0.25, -0.2) is 0 Å². The largest absolute Gasteiger partial charge is 0.311 e. The highest BCUT2D eigenvalue weighted by Gasteiger charge is 1.94. The van der Waals surface area contributed by atoms with Gasteiger partial charge in [0.05, 0.1) is 5.69 Å². The molecule has 0 radical (unpaired) electrons. The fraction of sp³-hybridized carbons (Fsp3) is 0.615. The van der Waals surface area contributed by atoms with Crippen LogP contribution in [0, 0.1) is 6.92 Å². The zero-order valence-electron chi connectivity index (χ0n) is 10.0. The molecular formula is C13H21BrN2. The highest BCUT2D eigenvalue weighted by molar-refractivity contribution is 9.09. The molecule has 90 valence electrons. The van der Waals surface area contributed by atoms with Crippen molar-refractivity contribution >= 4 is 15.9 Å². The van der Waals surface area contributed by atoms with Crippen molar-refractivity contribution < 1.29 is 0 Å². The SMILES string of the molecule is Cc1cccc(CNCCCCCCBr)n1. The Morgan fingerprint density at radius 2 is 2.00 bits per heavy atom. The number of hydrogen-bond donors (Lipinski definition) is 1. The summed E-state index contributed by atoms with van der Waals surface area (Å²) < 4.78 is 0. The average molecular weight is 285 g/mol. The van der Waals surface area contributed by atoms with Crippen molar-refractivity contribution in [3.05, 3.63) is 29.6 Å². The number of aryl methyl sites for hydroxylation is 1. The molecule has 0 saturated carbocycles. The third-order valence-electron chi connectivity index (χ3n) is 2.49. The second-order valence-electron chi connectivity index (χ2n) is 4.05. The number of nitrogens with zero attached hydrogens (tertiary/aromatic N) is 1. The second kappa shape index (κ2) is 8.71. The standard InChI is InChI=1S/C13H21BrN2/c1-12-7-6-8-13(16-12)11-15-10-5-3-2-4-9-14/h6-8,15H,2-5,9-11H2,1H3. The Hall–Kier alpha value is -0.410. The lowest BCUT2D eigenvalue weighted by Gasteiger charge is -2.04. The summed E-state index contributed by atoms with van der Waals surface area (Å²) in [5, 5.41) is 4.56. The summed E-state index contributed by atoms with van der Waals surface area (Å²) in [7, 11) is 0. The van der Waals surface area contributed by atoms with Gasteiger partial charge in [-0.15, -0.1) is 0 Å². The first kappa shape index (κ1) is 13.7. The van der Waals surface area contributed by atoms with Crippen LogP contribution in [0.2, 0.25) is 0 Å². The predicted octanol–water partition coefficient (Wildman–Crippen LogP) is 3.43. The molecule has 0 spiro atoms. The third-order valence-corrected chi connectivity index (χ3v) is 3.05. The summed E-state index contributed by atoms with van der Waals surface area (Å²) in [6, 6.07) is 6.17. The van der Waals surface area contributed by atoms with Gasteiger partial charge < -0.3 is 5.32 Å². The van der Waals surface area contributed by atoms with Gasteiger partial charge in [0, 0.05) is 17.6 Å². The Labute approximate surface area is 107 Å². The van der Waals surface area contributed by atoms with Crippen molar-refractivity contribution in [1.29, 1.82) is 0 Å². The van der Waals surface area contributed by atoms with Gasteiger partial charge in [-0.2, -0.15) is 0 Å².